The lowest BCUT2D eigenvalue weighted by Crippen LogP contribution is -2.41. The van der Waals surface area contributed by atoms with E-state index in [0.717, 1.165) is 35.3 Å². The van der Waals surface area contributed by atoms with E-state index < -0.39 is 5.82 Å². The van der Waals surface area contributed by atoms with Gasteiger partial charge in [0.05, 0.1) is 29.7 Å². The topological polar surface area (TPSA) is 102 Å². The zero-order chi connectivity index (χ0) is 31.3. The first kappa shape index (κ1) is 29.6. The molecule has 228 valence electrons. The third-order valence-corrected chi connectivity index (χ3v) is 7.77. The highest BCUT2D eigenvalue weighted by Crippen LogP contribution is 2.35. The molecule has 1 aliphatic rings. The lowest BCUT2D eigenvalue weighted by Gasteiger charge is -2.32. The van der Waals surface area contributed by atoms with Gasteiger partial charge in [0.25, 0.3) is 0 Å². The number of carbonyl (C=O) groups excluding carboxylic acids is 1. The van der Waals surface area contributed by atoms with Crippen LogP contribution in [-0.2, 0) is 4.79 Å². The summed E-state index contributed by atoms with van der Waals surface area (Å²) in [5, 5.41) is 7.37. The molecule has 9 nitrogen and oxygen atoms in total. The summed E-state index contributed by atoms with van der Waals surface area (Å²) in [7, 11) is 1.60. The molecule has 2 aromatic heterocycles. The standard InChI is InChI=1S/C35H33FN6O3/c1-4-34(43)42-14-11-24(12-15-42)40-32-19-27-31(20-33(32)44-3)38-21-39-35(27)41-29-9-8-25(17-28(29)36)45-26-10-13-37-30(18-26)23-7-5-6-22(2)16-23/h4-10,13,16-21,24,40H,1,11-12,14-15H2,2-3H3,(H,38,39,41). The summed E-state index contributed by atoms with van der Waals surface area (Å²) in [6, 6.07) is 20.1. The molecule has 1 saturated heterocycles. The number of benzene rings is 3. The summed E-state index contributed by atoms with van der Waals surface area (Å²) in [5.41, 5.74) is 4.52. The van der Waals surface area contributed by atoms with Crippen molar-refractivity contribution < 1.29 is 18.7 Å². The molecule has 0 spiro atoms. The van der Waals surface area contributed by atoms with Crippen molar-refractivity contribution in [3.63, 3.8) is 0 Å². The Bertz CT molecular complexity index is 1870. The minimum absolute atomic E-state index is 0.0546. The van der Waals surface area contributed by atoms with Gasteiger partial charge in [0.15, 0.2) is 0 Å². The molecule has 0 unspecified atom stereocenters. The molecule has 2 N–H and O–H groups in total. The van der Waals surface area contributed by atoms with E-state index in [1.165, 1.54) is 18.5 Å². The van der Waals surface area contributed by atoms with Crippen LogP contribution in [0.25, 0.3) is 22.2 Å². The average molecular weight is 605 g/mol. The molecule has 5 aromatic rings. The summed E-state index contributed by atoms with van der Waals surface area (Å²) >= 11 is 0. The zero-order valence-electron chi connectivity index (χ0n) is 25.1. The molecule has 1 fully saturated rings. The third-order valence-electron chi connectivity index (χ3n) is 7.77. The second-order valence-corrected chi connectivity index (χ2v) is 10.9. The number of pyridine rings is 1. The molecule has 45 heavy (non-hydrogen) atoms. The van der Waals surface area contributed by atoms with E-state index in [1.807, 2.05) is 43.3 Å². The van der Waals surface area contributed by atoms with Gasteiger partial charge in [-0.2, -0.15) is 0 Å². The Kier molecular flexibility index (Phi) is 8.54. The Balaban J connectivity index is 1.20. The number of aryl methyl sites for hydroxylation is 1. The Labute approximate surface area is 260 Å². The van der Waals surface area contributed by atoms with Gasteiger partial charge in [-0.25, -0.2) is 14.4 Å². The highest BCUT2D eigenvalue weighted by Gasteiger charge is 2.23. The van der Waals surface area contributed by atoms with E-state index in [9.17, 15) is 4.79 Å². The van der Waals surface area contributed by atoms with Gasteiger partial charge in [0, 0.05) is 54.5 Å². The summed E-state index contributed by atoms with van der Waals surface area (Å²) in [4.78, 5) is 27.0. The first-order valence-electron chi connectivity index (χ1n) is 14.7. The fourth-order valence-corrected chi connectivity index (χ4v) is 5.42. The van der Waals surface area contributed by atoms with Crippen LogP contribution in [0.1, 0.15) is 18.4 Å². The molecule has 0 saturated carbocycles. The molecule has 10 heteroatoms. The van der Waals surface area contributed by atoms with Gasteiger partial charge in [0.1, 0.15) is 35.2 Å². The smallest absolute Gasteiger partial charge is 0.245 e. The molecule has 3 aromatic carbocycles. The highest BCUT2D eigenvalue weighted by atomic mass is 19.1. The normalized spacial score (nSPS) is 13.4. The predicted molar refractivity (Wildman–Crippen MR) is 174 cm³/mol. The number of amides is 1. The van der Waals surface area contributed by atoms with Gasteiger partial charge in [-0.15, -0.1) is 0 Å². The fourth-order valence-electron chi connectivity index (χ4n) is 5.42. The van der Waals surface area contributed by atoms with Crippen molar-refractivity contribution in [2.24, 2.45) is 0 Å². The van der Waals surface area contributed by atoms with E-state index in [0.29, 0.717) is 47.1 Å². The second kappa shape index (κ2) is 13.0. The van der Waals surface area contributed by atoms with Gasteiger partial charge in [0.2, 0.25) is 5.91 Å². The van der Waals surface area contributed by atoms with Crippen molar-refractivity contribution in [1.29, 1.82) is 0 Å². The Morgan fingerprint density at radius 1 is 1.00 bits per heavy atom. The number of piperidine rings is 1. The van der Waals surface area contributed by atoms with Crippen LogP contribution in [0, 0.1) is 12.7 Å². The number of ether oxygens (including phenoxy) is 2. The van der Waals surface area contributed by atoms with Crippen LogP contribution in [0.5, 0.6) is 17.2 Å². The quantitative estimate of drug-likeness (QED) is 0.169. The van der Waals surface area contributed by atoms with E-state index in [-0.39, 0.29) is 17.6 Å². The number of likely N-dealkylation sites (tertiary alicyclic amines) is 1. The number of hydrogen-bond donors (Lipinski definition) is 2. The predicted octanol–water partition coefficient (Wildman–Crippen LogP) is 7.27. The lowest BCUT2D eigenvalue weighted by molar-refractivity contribution is -0.126. The number of methoxy groups -OCH3 is 1. The van der Waals surface area contributed by atoms with Crippen LogP contribution in [0.4, 0.5) is 21.6 Å². The molecular formula is C35H33FN6O3. The van der Waals surface area contributed by atoms with E-state index in [4.69, 9.17) is 9.47 Å². The van der Waals surface area contributed by atoms with Crippen molar-refractivity contribution in [3.8, 4) is 28.5 Å². The van der Waals surface area contributed by atoms with Gasteiger partial charge < -0.3 is 25.0 Å². The van der Waals surface area contributed by atoms with Crippen molar-refractivity contribution in [3.05, 3.63) is 103 Å². The van der Waals surface area contributed by atoms with Gasteiger partial charge in [-0.05, 0) is 56.2 Å². The van der Waals surface area contributed by atoms with E-state index >= 15 is 4.39 Å². The number of nitrogens with zero attached hydrogens (tertiary/aromatic N) is 4. The number of carbonyl (C=O) groups is 1. The summed E-state index contributed by atoms with van der Waals surface area (Å²) < 4.78 is 27.0. The number of nitrogens with one attached hydrogen (secondary N) is 2. The van der Waals surface area contributed by atoms with Crippen LogP contribution < -0.4 is 20.1 Å². The van der Waals surface area contributed by atoms with Crippen LogP contribution in [0.15, 0.2) is 91.9 Å². The van der Waals surface area contributed by atoms with Crippen LogP contribution >= 0.6 is 0 Å². The Hall–Kier alpha value is -5.51. The molecule has 3 heterocycles. The minimum atomic E-state index is -0.500. The first-order chi connectivity index (χ1) is 21.9. The Morgan fingerprint density at radius 2 is 1.82 bits per heavy atom. The van der Waals surface area contributed by atoms with Crippen molar-refractivity contribution in [2.45, 2.75) is 25.8 Å². The minimum Gasteiger partial charge on any atom is -0.495 e. The molecule has 0 aliphatic carbocycles. The number of aromatic nitrogens is 3. The van der Waals surface area contributed by atoms with E-state index in [1.54, 1.807) is 36.4 Å². The van der Waals surface area contributed by atoms with E-state index in [2.05, 4.69) is 38.2 Å². The molecule has 1 aliphatic heterocycles. The van der Waals surface area contributed by atoms with Crippen LogP contribution in [0.2, 0.25) is 0 Å². The Morgan fingerprint density at radius 3 is 2.58 bits per heavy atom. The summed E-state index contributed by atoms with van der Waals surface area (Å²) in [6.45, 7) is 6.89. The number of halogens is 1. The summed E-state index contributed by atoms with van der Waals surface area (Å²) in [6.07, 6.45) is 6.01. The largest absolute Gasteiger partial charge is 0.495 e. The average Bonchev–Trinajstić information content (AvgIpc) is 3.06. The van der Waals surface area contributed by atoms with Crippen molar-refractivity contribution >= 4 is 34.0 Å². The maximum Gasteiger partial charge on any atom is 0.245 e. The molecule has 1 amide bonds. The number of fused-ring (bicyclic) bond motifs is 1. The van der Waals surface area contributed by atoms with Crippen LogP contribution in [0.3, 0.4) is 0 Å². The molecular weight excluding hydrogens is 571 g/mol. The number of hydrogen-bond acceptors (Lipinski definition) is 8. The van der Waals surface area contributed by atoms with Crippen molar-refractivity contribution in [1.82, 2.24) is 19.9 Å². The SMILES string of the molecule is C=CC(=O)N1CCC(Nc2cc3c(Nc4ccc(Oc5ccnc(-c6cccc(C)c6)c5)cc4F)ncnc3cc2OC)CC1. The van der Waals surface area contributed by atoms with Gasteiger partial charge in [-0.1, -0.05) is 30.3 Å². The monoisotopic (exact) mass is 604 g/mol. The number of anilines is 3. The zero-order valence-corrected chi connectivity index (χ0v) is 25.1. The lowest BCUT2D eigenvalue weighted by atomic mass is 10.0. The van der Waals surface area contributed by atoms with Crippen LogP contribution in [-0.4, -0.2) is 52.0 Å². The second-order valence-electron chi connectivity index (χ2n) is 10.9. The maximum absolute atomic E-state index is 15.4. The molecule has 0 radical (unpaired) electrons. The first-order valence-corrected chi connectivity index (χ1v) is 14.7. The highest BCUT2D eigenvalue weighted by molar-refractivity contribution is 5.95. The van der Waals surface area contributed by atoms with Crippen molar-refractivity contribution in [2.75, 3.05) is 30.8 Å². The van der Waals surface area contributed by atoms with Gasteiger partial charge in [-0.3, -0.25) is 9.78 Å². The molecule has 0 atom stereocenters. The summed E-state index contributed by atoms with van der Waals surface area (Å²) in [5.74, 6) is 1.42. The molecule has 6 rings (SSSR count). The fraction of sp³-hybridized carbons (Fsp3) is 0.200. The number of rotatable bonds is 9. The maximum atomic E-state index is 15.4. The van der Waals surface area contributed by atoms with Gasteiger partial charge >= 0.3 is 0 Å². The molecule has 0 bridgehead atoms. The third kappa shape index (κ3) is 6.70.